The Hall–Kier alpha value is -7.00. The fourth-order valence-electron chi connectivity index (χ4n) is 5.80. The first-order valence-corrected chi connectivity index (χ1v) is 20.5. The monoisotopic (exact) mass is 863 g/mol. The summed E-state index contributed by atoms with van der Waals surface area (Å²) in [5.41, 5.74) is 69.8. The van der Waals surface area contributed by atoms with E-state index in [1.165, 1.54) is 0 Å². The number of hydrogen-bond donors (Lipinski definition) is 0. The van der Waals surface area contributed by atoms with E-state index < -0.39 is 0 Å². The van der Waals surface area contributed by atoms with Crippen molar-refractivity contribution in [1.29, 1.82) is 0 Å². The van der Waals surface area contributed by atoms with Crippen molar-refractivity contribution >= 4 is 0 Å². The lowest BCUT2D eigenvalue weighted by molar-refractivity contribution is -0.0235. The van der Waals surface area contributed by atoms with Gasteiger partial charge in [0, 0.05) is 33.9 Å². The molecule has 0 spiro atoms. The van der Waals surface area contributed by atoms with Crippen LogP contribution in [-0.2, 0) is 18.9 Å². The summed E-state index contributed by atoms with van der Waals surface area (Å²) in [6.07, 6.45) is 11.5. The predicted octanol–water partition coefficient (Wildman–Crippen LogP) is 15.4. The molecule has 0 radical (unpaired) electrons. The van der Waals surface area contributed by atoms with E-state index in [-0.39, 0.29) is 47.3 Å². The second-order valence-electron chi connectivity index (χ2n) is 13.7. The maximum absolute atomic E-state index is 5.65. The lowest BCUT2D eigenvalue weighted by atomic mass is 9.78. The molecule has 0 saturated heterocycles. The molecular weight excluding hydrogens is 785 g/mol. The molecule has 4 heteroatoms. The van der Waals surface area contributed by atoms with Crippen molar-refractivity contribution in [2.24, 2.45) is 35.5 Å². The molecule has 0 aromatic heterocycles. The summed E-state index contributed by atoms with van der Waals surface area (Å²) in [4.78, 5) is 0. The normalized spacial score (nSPS) is 10.9. The van der Waals surface area contributed by atoms with Gasteiger partial charge in [0.15, 0.2) is 0 Å². The summed E-state index contributed by atoms with van der Waals surface area (Å²) in [6.45, 7) is 32.7. The molecule has 0 heterocycles. The van der Waals surface area contributed by atoms with E-state index in [1.807, 2.05) is 25.2 Å². The predicted molar refractivity (Wildman–Crippen MR) is 274 cm³/mol. The molecule has 0 saturated carbocycles. The maximum Gasteiger partial charge on any atom is 0.146 e. The Morgan fingerprint density at radius 3 is 1.41 bits per heavy atom. The summed E-state index contributed by atoms with van der Waals surface area (Å²) >= 11 is 0. The molecule has 6 unspecified atom stereocenters. The van der Waals surface area contributed by atoms with Crippen molar-refractivity contribution in [3.63, 3.8) is 0 Å². The minimum Gasteiger partial charge on any atom is -0.359 e. The van der Waals surface area contributed by atoms with E-state index in [0.717, 1.165) is 55.2 Å². The van der Waals surface area contributed by atoms with Crippen molar-refractivity contribution in [3.05, 3.63) is 212 Å². The average Bonchev–Trinajstić information content (AvgIpc) is 3.28. The number of allylic oxidation sites excluding steroid dienone is 4. The highest BCUT2D eigenvalue weighted by molar-refractivity contribution is 5.14. The lowest BCUT2D eigenvalue weighted by Crippen LogP contribution is -2.18. The third-order valence-electron chi connectivity index (χ3n) is 8.96. The molecule has 0 bridgehead atoms. The Labute approximate surface area is 395 Å². The average molecular weight is 863 g/mol. The van der Waals surface area contributed by atoms with Crippen LogP contribution < -0.4 is 0 Å². The van der Waals surface area contributed by atoms with Gasteiger partial charge in [-0.3, -0.25) is 0 Å². The Balaban J connectivity index is -0.000000145. The van der Waals surface area contributed by atoms with Crippen LogP contribution in [0.15, 0.2) is 212 Å². The van der Waals surface area contributed by atoms with E-state index in [2.05, 4.69) is 205 Å². The topological polar surface area (TPSA) is 36.9 Å². The standard InChI is InChI=1S/C33H38O4.C26H24.CH4.6H2/c1-9-13-16-19-28(5)33(22-29(6)31(20-17-14-10-2)24-36-26-34-7)23-30(12-4)32(21-18-15-11-3)25-37-27-35-8;1-6-10-13-16-19-24(5)22-26(21-18-15-12-8-3)23-25(9-4)20-17-14-11-7-2;;;;;;;/h29-30,33H,1-3,12,22-27H2,4-8H3;19-21,24-26H,1-3,9,22-23H2,4-5H3;1H4;6*1H. The zero-order chi connectivity index (χ0) is 47.2. The summed E-state index contributed by atoms with van der Waals surface area (Å²) in [5.74, 6) is 1.46. The Morgan fingerprint density at radius 2 is 0.938 bits per heavy atom. The molecule has 0 aliphatic rings. The minimum absolute atomic E-state index is 0. The van der Waals surface area contributed by atoms with Crippen LogP contribution in [0.3, 0.4) is 0 Å². The Bertz CT molecular complexity index is 2520. The number of hydrogen-bond acceptors (Lipinski definition) is 4. The first-order valence-electron chi connectivity index (χ1n) is 20.5. The van der Waals surface area contributed by atoms with Gasteiger partial charge in [0.1, 0.15) is 13.6 Å². The van der Waals surface area contributed by atoms with Gasteiger partial charge in [-0.25, -0.2) is 0 Å². The van der Waals surface area contributed by atoms with Crippen LogP contribution in [-0.4, -0.2) is 41.0 Å². The van der Waals surface area contributed by atoms with Crippen LogP contribution in [0.25, 0.3) is 0 Å². The Morgan fingerprint density at radius 1 is 0.500 bits per heavy atom. The van der Waals surface area contributed by atoms with Crippen LogP contribution in [0.1, 0.15) is 89.1 Å². The highest BCUT2D eigenvalue weighted by Crippen LogP contribution is 2.33. The first-order chi connectivity index (χ1) is 30.7. The molecule has 4 nitrogen and oxygen atoms in total. The third kappa shape index (κ3) is 34.7. The molecule has 0 aliphatic heterocycles. The summed E-state index contributed by atoms with van der Waals surface area (Å²) in [5, 5.41) is 0. The van der Waals surface area contributed by atoms with Gasteiger partial charge < -0.3 is 18.9 Å². The van der Waals surface area contributed by atoms with Gasteiger partial charge in [0.05, 0.1) is 13.2 Å². The molecule has 0 N–H and O–H groups in total. The van der Waals surface area contributed by atoms with Gasteiger partial charge in [0.25, 0.3) is 0 Å². The zero-order valence-electron chi connectivity index (χ0n) is 38.6. The second kappa shape index (κ2) is 45.5. The molecule has 0 aromatic carbocycles. The van der Waals surface area contributed by atoms with E-state index >= 15 is 0 Å². The molecule has 64 heavy (non-hydrogen) atoms. The molecule has 342 valence electrons. The zero-order valence-corrected chi connectivity index (χ0v) is 38.6. The van der Waals surface area contributed by atoms with Crippen molar-refractivity contribution < 1.29 is 27.5 Å². The third-order valence-corrected chi connectivity index (χ3v) is 8.96. The van der Waals surface area contributed by atoms with Gasteiger partial charge in [-0.15, -0.1) is 0 Å². The van der Waals surface area contributed by atoms with Crippen LogP contribution in [0.2, 0.25) is 0 Å². The quantitative estimate of drug-likeness (QED) is 0.0550. The fraction of sp³-hybridized carbons (Fsp3) is 0.400. The van der Waals surface area contributed by atoms with Crippen molar-refractivity contribution in [2.45, 2.75) is 80.6 Å². The summed E-state index contributed by atoms with van der Waals surface area (Å²) in [6, 6.07) is 0. The van der Waals surface area contributed by atoms with Crippen molar-refractivity contribution in [1.82, 2.24) is 0 Å². The molecule has 6 atom stereocenters. The van der Waals surface area contributed by atoms with E-state index in [1.54, 1.807) is 14.2 Å². The Kier molecular flexibility index (Phi) is 43.6. The second-order valence-corrected chi connectivity index (χ2v) is 13.7. The van der Waals surface area contributed by atoms with Gasteiger partial charge >= 0.3 is 0 Å². The number of rotatable bonds is 24. The molecular formula is C60H78O4. The van der Waals surface area contributed by atoms with Crippen molar-refractivity contribution in [2.75, 3.05) is 41.0 Å². The first kappa shape index (κ1) is 61.3. The van der Waals surface area contributed by atoms with Gasteiger partial charge in [-0.05, 0) is 213 Å². The van der Waals surface area contributed by atoms with Crippen molar-refractivity contribution in [3.8, 4) is 0 Å². The van der Waals surface area contributed by atoms with Crippen LogP contribution in [0, 0.1) is 35.5 Å². The molecule has 0 aliphatic carbocycles. The number of methoxy groups -OCH3 is 2. The van der Waals surface area contributed by atoms with Gasteiger partial charge in [0.2, 0.25) is 0 Å². The summed E-state index contributed by atoms with van der Waals surface area (Å²) in [7, 11) is 3.18. The van der Waals surface area contributed by atoms with E-state index in [0.29, 0.717) is 31.0 Å². The molecule has 0 fully saturated rings. The maximum atomic E-state index is 5.65. The van der Waals surface area contributed by atoms with Crippen LogP contribution in [0.5, 0.6) is 0 Å². The largest absolute Gasteiger partial charge is 0.359 e. The molecule has 0 amide bonds. The fourth-order valence-corrected chi connectivity index (χ4v) is 5.80. The SMILES string of the molecule is C.C=C=C=C=C=C(COCOC)C(C)CC(CC(CC)C(=C=C=C=C=C)COCOC)C(C)=C=C=C=C=C.C=C=C=C=C=CC(C)CC(C=C=C=C=C=C)CC(C=C=C=C=C=C)CC.[HH].[HH].[HH].[HH].[HH].[HH]. The van der Waals surface area contributed by atoms with E-state index in [9.17, 15) is 0 Å². The lowest BCUT2D eigenvalue weighted by Gasteiger charge is -2.26. The summed E-state index contributed by atoms with van der Waals surface area (Å²) < 4.78 is 21.4. The molecule has 0 rings (SSSR count). The van der Waals surface area contributed by atoms with Crippen LogP contribution >= 0.6 is 0 Å². The van der Waals surface area contributed by atoms with E-state index in [4.69, 9.17) is 18.9 Å². The van der Waals surface area contributed by atoms with Gasteiger partial charge in [-0.1, -0.05) is 104 Å². The van der Waals surface area contributed by atoms with Gasteiger partial charge in [-0.2, -0.15) is 0 Å². The highest BCUT2D eigenvalue weighted by Gasteiger charge is 2.24. The minimum atomic E-state index is 0. The number of ether oxygens (including phenoxy) is 4. The van der Waals surface area contributed by atoms with Crippen LogP contribution in [0.4, 0.5) is 0 Å². The smallest absolute Gasteiger partial charge is 0.146 e. The molecule has 0 aromatic rings. The highest BCUT2D eigenvalue weighted by atomic mass is 16.7.